The number of aromatic amines is 1. The van der Waals surface area contributed by atoms with Crippen LogP contribution in [0, 0.1) is 13.8 Å². The fourth-order valence-corrected chi connectivity index (χ4v) is 3.92. The van der Waals surface area contributed by atoms with Crippen molar-refractivity contribution in [3.63, 3.8) is 0 Å². The van der Waals surface area contributed by atoms with Crippen LogP contribution in [-0.4, -0.2) is 39.6 Å². The Morgan fingerprint density at radius 2 is 2.19 bits per heavy atom. The van der Waals surface area contributed by atoms with Crippen LogP contribution in [0.1, 0.15) is 35.7 Å². The maximum Gasteiger partial charge on any atom is 0.256 e. The molecule has 6 nitrogen and oxygen atoms in total. The molecule has 27 heavy (non-hydrogen) atoms. The predicted octanol–water partition coefficient (Wildman–Crippen LogP) is 2.89. The van der Waals surface area contributed by atoms with E-state index in [1.54, 1.807) is 0 Å². The molecule has 0 aliphatic carbocycles. The number of nitrogens with one attached hydrogen (secondary N) is 2. The Morgan fingerprint density at radius 1 is 1.37 bits per heavy atom. The number of anilines is 1. The van der Waals surface area contributed by atoms with Gasteiger partial charge in [-0.3, -0.25) is 14.5 Å². The zero-order chi connectivity index (χ0) is 19.4. The molecule has 2 aromatic rings. The van der Waals surface area contributed by atoms with E-state index in [1.165, 1.54) is 11.8 Å². The lowest BCUT2D eigenvalue weighted by Crippen LogP contribution is -2.36. The van der Waals surface area contributed by atoms with Gasteiger partial charge in [-0.05, 0) is 44.0 Å². The highest BCUT2D eigenvalue weighted by Gasteiger charge is 2.21. The average molecular weight is 387 g/mol. The van der Waals surface area contributed by atoms with Crippen molar-refractivity contribution < 1.29 is 4.79 Å². The molecule has 0 bridgehead atoms. The predicted molar refractivity (Wildman–Crippen MR) is 109 cm³/mol. The number of thioether (sulfide) groups is 1. The maximum atomic E-state index is 12.4. The highest BCUT2D eigenvalue weighted by molar-refractivity contribution is 7.99. The fourth-order valence-electron chi connectivity index (χ4n) is 3.24. The summed E-state index contributed by atoms with van der Waals surface area (Å²) in [5, 5.41) is 3.44. The number of nitrogens with zero attached hydrogens (tertiary/aromatic N) is 2. The summed E-state index contributed by atoms with van der Waals surface area (Å²) < 4.78 is 0. The number of rotatable bonds is 6. The van der Waals surface area contributed by atoms with Crippen LogP contribution in [0.15, 0.2) is 28.2 Å². The van der Waals surface area contributed by atoms with Gasteiger partial charge in [-0.1, -0.05) is 30.8 Å². The van der Waals surface area contributed by atoms with Crippen LogP contribution in [0.5, 0.6) is 0 Å². The Hall–Kier alpha value is -2.12. The molecule has 0 atom stereocenters. The number of aryl methyl sites for hydroxylation is 1. The van der Waals surface area contributed by atoms with Gasteiger partial charge in [0.2, 0.25) is 5.91 Å². The fraction of sp³-hybridized carbons (Fsp3) is 0.450. The number of amides is 1. The zero-order valence-electron chi connectivity index (χ0n) is 16.1. The molecule has 3 rings (SSSR count). The molecule has 7 heteroatoms. The number of carbonyl (C=O) groups excluding carboxylic acids is 1. The standard InChI is InChI=1S/C20H26N4O2S/c1-4-9-24-10-8-17-15(11-24)19(26)23-20(22-17)27-12-18(25)21-16-7-5-6-13(2)14(16)3/h5-7H,4,8-12H2,1-3H3,(H,21,25)(H,22,23,26). The van der Waals surface area contributed by atoms with E-state index >= 15 is 0 Å². The van der Waals surface area contributed by atoms with Gasteiger partial charge in [-0.15, -0.1) is 0 Å². The van der Waals surface area contributed by atoms with Crippen LogP contribution in [0.25, 0.3) is 0 Å². The lowest BCUT2D eigenvalue weighted by Gasteiger charge is -2.27. The minimum absolute atomic E-state index is 0.0850. The summed E-state index contributed by atoms with van der Waals surface area (Å²) in [6.45, 7) is 8.72. The average Bonchev–Trinajstić information content (AvgIpc) is 2.64. The summed E-state index contributed by atoms with van der Waals surface area (Å²) in [6, 6.07) is 5.84. The summed E-state index contributed by atoms with van der Waals surface area (Å²) in [5.74, 6) is 0.0973. The van der Waals surface area contributed by atoms with Gasteiger partial charge in [0.25, 0.3) is 5.56 Å². The molecule has 0 saturated heterocycles. The molecule has 1 aliphatic heterocycles. The summed E-state index contributed by atoms with van der Waals surface area (Å²) >= 11 is 1.26. The third-order valence-electron chi connectivity index (χ3n) is 4.88. The van der Waals surface area contributed by atoms with Gasteiger partial charge in [0.1, 0.15) is 0 Å². The summed E-state index contributed by atoms with van der Waals surface area (Å²) in [7, 11) is 0. The summed E-state index contributed by atoms with van der Waals surface area (Å²) in [4.78, 5) is 34.4. The first kappa shape index (κ1) is 19.6. The van der Waals surface area contributed by atoms with E-state index in [4.69, 9.17) is 0 Å². The van der Waals surface area contributed by atoms with Crippen molar-refractivity contribution in [3.05, 3.63) is 50.9 Å². The maximum absolute atomic E-state index is 12.4. The number of benzene rings is 1. The van der Waals surface area contributed by atoms with Gasteiger partial charge in [0.15, 0.2) is 5.16 Å². The second-order valence-electron chi connectivity index (χ2n) is 6.91. The molecule has 0 fully saturated rings. The number of hydrogen-bond acceptors (Lipinski definition) is 5. The van der Waals surface area contributed by atoms with E-state index in [9.17, 15) is 9.59 Å². The minimum Gasteiger partial charge on any atom is -0.325 e. The summed E-state index contributed by atoms with van der Waals surface area (Å²) in [6.07, 6.45) is 1.85. The van der Waals surface area contributed by atoms with Gasteiger partial charge in [-0.25, -0.2) is 4.98 Å². The van der Waals surface area contributed by atoms with Crippen molar-refractivity contribution in [2.45, 2.75) is 45.3 Å². The van der Waals surface area contributed by atoms with Crippen LogP contribution < -0.4 is 10.9 Å². The molecule has 1 aliphatic rings. The van der Waals surface area contributed by atoms with Crippen LogP contribution in [-0.2, 0) is 17.8 Å². The monoisotopic (exact) mass is 386 g/mol. The van der Waals surface area contributed by atoms with Crippen LogP contribution in [0.3, 0.4) is 0 Å². The molecule has 0 radical (unpaired) electrons. The van der Waals surface area contributed by atoms with Crippen LogP contribution >= 0.6 is 11.8 Å². The summed E-state index contributed by atoms with van der Waals surface area (Å²) in [5.41, 5.74) is 4.57. The largest absolute Gasteiger partial charge is 0.325 e. The molecular weight excluding hydrogens is 360 g/mol. The van der Waals surface area contributed by atoms with Crippen molar-refractivity contribution in [1.82, 2.24) is 14.9 Å². The van der Waals surface area contributed by atoms with Crippen molar-refractivity contribution in [2.75, 3.05) is 24.2 Å². The van der Waals surface area contributed by atoms with Gasteiger partial charge in [0, 0.05) is 25.2 Å². The van der Waals surface area contributed by atoms with E-state index < -0.39 is 0 Å². The van der Waals surface area contributed by atoms with Gasteiger partial charge in [-0.2, -0.15) is 0 Å². The van der Waals surface area contributed by atoms with Crippen LogP contribution in [0.2, 0.25) is 0 Å². The van der Waals surface area contributed by atoms with E-state index in [1.807, 2.05) is 32.0 Å². The quantitative estimate of drug-likeness (QED) is 0.590. The van der Waals surface area contributed by atoms with Gasteiger partial charge in [0.05, 0.1) is 17.0 Å². The topological polar surface area (TPSA) is 78.1 Å². The molecule has 2 N–H and O–H groups in total. The van der Waals surface area contributed by atoms with Crippen molar-refractivity contribution in [3.8, 4) is 0 Å². The first-order valence-electron chi connectivity index (χ1n) is 9.31. The molecular formula is C20H26N4O2S. The zero-order valence-corrected chi connectivity index (χ0v) is 16.9. The van der Waals surface area contributed by atoms with Crippen LogP contribution in [0.4, 0.5) is 5.69 Å². The number of carbonyl (C=O) groups is 1. The Morgan fingerprint density at radius 3 is 2.96 bits per heavy atom. The number of aromatic nitrogens is 2. The first-order valence-corrected chi connectivity index (χ1v) is 10.3. The molecule has 1 aromatic heterocycles. The normalized spacial score (nSPS) is 14.0. The third kappa shape index (κ3) is 4.78. The van der Waals surface area contributed by atoms with E-state index in [2.05, 4.69) is 27.1 Å². The second kappa shape index (κ2) is 8.71. The van der Waals surface area contributed by atoms with E-state index in [-0.39, 0.29) is 17.2 Å². The highest BCUT2D eigenvalue weighted by Crippen LogP contribution is 2.20. The molecule has 0 spiro atoms. The number of fused-ring (bicyclic) bond motifs is 1. The lowest BCUT2D eigenvalue weighted by atomic mass is 10.1. The molecule has 0 unspecified atom stereocenters. The SMILES string of the molecule is CCCN1CCc2nc(SCC(=O)Nc3cccc(C)c3C)[nH]c(=O)c2C1. The Bertz CT molecular complexity index is 894. The third-order valence-corrected chi connectivity index (χ3v) is 5.76. The van der Waals surface area contributed by atoms with E-state index in [0.29, 0.717) is 11.7 Å². The number of H-pyrrole nitrogens is 1. The van der Waals surface area contributed by atoms with Crippen molar-refractivity contribution in [2.24, 2.45) is 0 Å². The second-order valence-corrected chi connectivity index (χ2v) is 7.87. The number of hydrogen-bond donors (Lipinski definition) is 2. The van der Waals surface area contributed by atoms with E-state index in [0.717, 1.165) is 54.0 Å². The first-order chi connectivity index (χ1) is 13.0. The molecule has 1 amide bonds. The molecule has 1 aromatic carbocycles. The molecule has 0 saturated carbocycles. The smallest absolute Gasteiger partial charge is 0.256 e. The Balaban J connectivity index is 1.63. The van der Waals surface area contributed by atoms with Gasteiger partial charge < -0.3 is 10.3 Å². The van der Waals surface area contributed by atoms with Crippen molar-refractivity contribution in [1.29, 1.82) is 0 Å². The molecule has 144 valence electrons. The Kier molecular flexibility index (Phi) is 6.34. The lowest BCUT2D eigenvalue weighted by molar-refractivity contribution is -0.113. The highest BCUT2D eigenvalue weighted by atomic mass is 32.2. The molecule has 2 heterocycles. The Labute approximate surface area is 163 Å². The minimum atomic E-state index is -0.108. The van der Waals surface area contributed by atoms with Crippen molar-refractivity contribution >= 4 is 23.4 Å². The van der Waals surface area contributed by atoms with Gasteiger partial charge >= 0.3 is 0 Å².